The number of hydrogen-bond acceptors (Lipinski definition) is 8. The van der Waals surface area contributed by atoms with Crippen LogP contribution in [0.25, 0.3) is 17.1 Å². The number of halogens is 3. The second-order valence-electron chi connectivity index (χ2n) is 9.90. The van der Waals surface area contributed by atoms with Gasteiger partial charge in [-0.3, -0.25) is 15.1 Å². The lowest BCUT2D eigenvalue weighted by molar-refractivity contribution is -0.274. The number of nitrogens with one attached hydrogen (secondary N) is 1. The predicted molar refractivity (Wildman–Crippen MR) is 171 cm³/mol. The molecule has 3 aromatic carbocycles. The largest absolute Gasteiger partial charge is 0.573 e. The summed E-state index contributed by atoms with van der Waals surface area (Å²) in [5.74, 6) is 0.775. The molecule has 1 aliphatic rings. The first kappa shape index (κ1) is 31.7. The first-order valence-corrected chi connectivity index (χ1v) is 14.9. The van der Waals surface area contributed by atoms with Gasteiger partial charge in [0.2, 0.25) is 11.0 Å². The summed E-state index contributed by atoms with van der Waals surface area (Å²) < 4.78 is 48.5. The van der Waals surface area contributed by atoms with E-state index in [9.17, 15) is 18.0 Å². The summed E-state index contributed by atoms with van der Waals surface area (Å²) >= 11 is 6.64. The fourth-order valence-electron chi connectivity index (χ4n) is 4.15. The molecule has 1 N–H and O–H groups in total. The van der Waals surface area contributed by atoms with Gasteiger partial charge in [-0.15, -0.1) is 18.3 Å². The van der Waals surface area contributed by atoms with E-state index in [0.29, 0.717) is 28.1 Å². The van der Waals surface area contributed by atoms with Gasteiger partial charge in [-0.05, 0) is 80.5 Å². The summed E-state index contributed by atoms with van der Waals surface area (Å²) in [6.45, 7) is 5.77. The number of aliphatic imine (C=N–C) groups is 1. The Morgan fingerprint density at radius 1 is 1.11 bits per heavy atom. The van der Waals surface area contributed by atoms with E-state index in [4.69, 9.17) is 17.0 Å². The van der Waals surface area contributed by atoms with Crippen molar-refractivity contribution in [3.05, 3.63) is 84.2 Å². The van der Waals surface area contributed by atoms with Gasteiger partial charge in [0.15, 0.2) is 11.0 Å². The predicted octanol–water partition coefficient (Wildman–Crippen LogP) is 6.27. The lowest BCUT2D eigenvalue weighted by atomic mass is 10.1. The summed E-state index contributed by atoms with van der Waals surface area (Å²) in [6, 6.07) is 18.2. The molecule has 0 saturated carbocycles. The monoisotopic (exact) mass is 653 g/mol. The number of aryl methyl sites for hydroxylation is 1. The molecule has 1 aliphatic heterocycles. The molecule has 15 heteroatoms. The van der Waals surface area contributed by atoms with Crippen LogP contribution in [0, 0.1) is 6.92 Å². The normalized spacial score (nSPS) is 14.5. The van der Waals surface area contributed by atoms with E-state index in [1.807, 2.05) is 39.0 Å². The Bertz CT molecular complexity index is 1760. The molecular weight excluding hydrogens is 628 g/mol. The molecule has 4 aromatic rings. The Morgan fingerprint density at radius 2 is 1.84 bits per heavy atom. The molecule has 0 unspecified atom stereocenters. The van der Waals surface area contributed by atoms with E-state index < -0.39 is 6.36 Å². The molecule has 0 atom stereocenters. The number of ether oxygens (including phenoxy) is 2. The Morgan fingerprint density at radius 3 is 2.53 bits per heavy atom. The van der Waals surface area contributed by atoms with Gasteiger partial charge in [-0.1, -0.05) is 42.1 Å². The molecule has 45 heavy (non-hydrogen) atoms. The fourth-order valence-corrected chi connectivity index (χ4v) is 5.21. The van der Waals surface area contributed by atoms with E-state index in [1.165, 1.54) is 51.9 Å². The van der Waals surface area contributed by atoms with Gasteiger partial charge in [0, 0.05) is 5.56 Å². The topological polar surface area (TPSA) is 106 Å². The van der Waals surface area contributed by atoms with Gasteiger partial charge in [-0.2, -0.15) is 10.1 Å². The highest BCUT2D eigenvalue weighted by Gasteiger charge is 2.33. The van der Waals surface area contributed by atoms with E-state index in [-0.39, 0.29) is 28.6 Å². The molecule has 232 valence electrons. The van der Waals surface area contributed by atoms with E-state index >= 15 is 0 Å². The number of benzene rings is 3. The highest BCUT2D eigenvalue weighted by Crippen LogP contribution is 2.35. The van der Waals surface area contributed by atoms with Crippen molar-refractivity contribution >= 4 is 52.1 Å². The molecule has 0 spiro atoms. The van der Waals surface area contributed by atoms with E-state index in [0.717, 1.165) is 16.7 Å². The smallest absolute Gasteiger partial charge is 0.489 e. The third kappa shape index (κ3) is 8.25. The van der Waals surface area contributed by atoms with Gasteiger partial charge >= 0.3 is 6.36 Å². The number of hydrazone groups is 1. The lowest BCUT2D eigenvalue weighted by Gasteiger charge is -2.21. The number of carbonyl (C=O) groups is 1. The maximum Gasteiger partial charge on any atom is 0.573 e. The minimum Gasteiger partial charge on any atom is -0.489 e. The Balaban J connectivity index is 1.21. The average molecular weight is 654 g/mol. The number of carbonyl (C=O) groups excluding carboxylic acids is 1. The number of amides is 1. The van der Waals surface area contributed by atoms with Crippen LogP contribution in [-0.4, -0.2) is 55.4 Å². The zero-order valence-electron chi connectivity index (χ0n) is 24.1. The molecule has 0 bridgehead atoms. The Labute approximate surface area is 266 Å². The molecule has 10 nitrogen and oxygen atoms in total. The minimum atomic E-state index is -4.76. The molecule has 1 aromatic heterocycles. The number of anilines is 1. The lowest BCUT2D eigenvalue weighted by Crippen LogP contribution is -2.31. The van der Waals surface area contributed by atoms with Crippen molar-refractivity contribution in [2.45, 2.75) is 33.2 Å². The number of aromatic nitrogens is 3. The van der Waals surface area contributed by atoms with Crippen molar-refractivity contribution in [2.75, 3.05) is 10.7 Å². The molecule has 2 heterocycles. The van der Waals surface area contributed by atoms with Crippen LogP contribution in [0.5, 0.6) is 11.5 Å². The van der Waals surface area contributed by atoms with E-state index in [1.54, 1.807) is 30.5 Å². The van der Waals surface area contributed by atoms with Crippen molar-refractivity contribution in [1.82, 2.24) is 20.2 Å². The third-order valence-electron chi connectivity index (χ3n) is 6.05. The van der Waals surface area contributed by atoms with Crippen molar-refractivity contribution in [1.29, 1.82) is 0 Å². The number of alkyl halides is 3. The quantitative estimate of drug-likeness (QED) is 0.135. The zero-order valence-corrected chi connectivity index (χ0v) is 25.8. The van der Waals surface area contributed by atoms with Crippen LogP contribution in [-0.2, 0) is 4.79 Å². The van der Waals surface area contributed by atoms with Crippen LogP contribution < -0.4 is 19.8 Å². The molecule has 0 aliphatic carbocycles. The fraction of sp³-hybridized carbons (Fsp3) is 0.200. The maximum absolute atomic E-state index is 12.8. The summed E-state index contributed by atoms with van der Waals surface area (Å²) in [7, 11) is 0. The number of thioether (sulfide) groups is 1. The van der Waals surface area contributed by atoms with Gasteiger partial charge in [0.25, 0.3) is 0 Å². The number of nitrogens with zero attached hydrogens (tertiary/aromatic N) is 6. The summed E-state index contributed by atoms with van der Waals surface area (Å²) in [4.78, 5) is 23.0. The minimum absolute atomic E-state index is 0.0758. The molecule has 1 saturated heterocycles. The number of rotatable bonds is 8. The maximum atomic E-state index is 12.8. The molecule has 1 amide bonds. The summed E-state index contributed by atoms with van der Waals surface area (Å²) in [6.07, 6.45) is -1.81. The van der Waals surface area contributed by atoms with Crippen LogP contribution in [0.2, 0.25) is 0 Å². The van der Waals surface area contributed by atoms with Gasteiger partial charge < -0.3 is 9.47 Å². The van der Waals surface area contributed by atoms with Crippen LogP contribution in [0.4, 0.5) is 18.9 Å². The number of amidine groups is 1. The first-order chi connectivity index (χ1) is 21.4. The third-order valence-corrected chi connectivity index (χ3v) is 7.16. The van der Waals surface area contributed by atoms with E-state index in [2.05, 4.69) is 30.3 Å². The van der Waals surface area contributed by atoms with Crippen molar-refractivity contribution in [3.63, 3.8) is 0 Å². The standard InChI is InChI=1S/C30H26F3N7O3S2/c1-18(2)42-25-13-4-19(3)14-24(25)40-26(41)16-45-29(40)36-28(44)37-35-15-20-5-7-21(8-6-20)27-34-17-39(38-27)22-9-11-23(12-10-22)43-30(31,32)33/h4-15,17-18H,16H2,1-3H3,(H,37,44)/b35-15+,36-29-. The first-order valence-electron chi connectivity index (χ1n) is 13.5. The van der Waals surface area contributed by atoms with Crippen LogP contribution in [0.15, 0.2) is 83.2 Å². The van der Waals surface area contributed by atoms with Crippen LogP contribution >= 0.6 is 24.0 Å². The van der Waals surface area contributed by atoms with Crippen LogP contribution in [0.1, 0.15) is 25.0 Å². The van der Waals surface area contributed by atoms with Crippen molar-refractivity contribution in [3.8, 4) is 28.6 Å². The second kappa shape index (κ2) is 13.5. The molecule has 1 fully saturated rings. The molecular formula is C30H26F3N7O3S2. The van der Waals surface area contributed by atoms with Crippen molar-refractivity contribution < 1.29 is 27.4 Å². The highest BCUT2D eigenvalue weighted by atomic mass is 32.2. The van der Waals surface area contributed by atoms with Gasteiger partial charge in [0.05, 0.1) is 29.4 Å². The molecule has 5 rings (SSSR count). The molecule has 0 radical (unpaired) electrons. The van der Waals surface area contributed by atoms with Gasteiger partial charge in [0.1, 0.15) is 17.8 Å². The second-order valence-corrected chi connectivity index (χ2v) is 11.2. The SMILES string of the molecule is Cc1ccc(OC(C)C)c(N2C(=O)CS/C2=N\C(=S)N/N=C/c2ccc(-c3ncn(-c4ccc(OC(F)(F)F)cc4)n3)cc2)c1. The highest BCUT2D eigenvalue weighted by molar-refractivity contribution is 8.15. The summed E-state index contributed by atoms with van der Waals surface area (Å²) in [5, 5.41) is 9.08. The van der Waals surface area contributed by atoms with Crippen molar-refractivity contribution in [2.24, 2.45) is 10.1 Å². The summed E-state index contributed by atoms with van der Waals surface area (Å²) in [5.41, 5.74) is 6.29. The number of hydrogen-bond donors (Lipinski definition) is 1. The van der Waals surface area contributed by atoms with Crippen LogP contribution in [0.3, 0.4) is 0 Å². The zero-order chi connectivity index (χ0) is 32.1. The Hall–Kier alpha value is -4.76. The van der Waals surface area contributed by atoms with Gasteiger partial charge in [-0.25, -0.2) is 9.67 Å². The number of thiocarbonyl (C=S) groups is 1. The average Bonchev–Trinajstić information content (AvgIpc) is 3.61. The Kier molecular flexibility index (Phi) is 9.48.